The molecule has 5 N–H and O–H groups in total. The second kappa shape index (κ2) is 8.82. The zero-order valence-corrected chi connectivity index (χ0v) is 19.4. The van der Waals surface area contributed by atoms with E-state index in [9.17, 15) is 13.2 Å². The Balaban J connectivity index is 1.60. The number of para-hydroxylation sites is 2. The first-order valence-corrected chi connectivity index (χ1v) is 12.4. The lowest BCUT2D eigenvalue weighted by Gasteiger charge is -2.09. The first-order valence-electron chi connectivity index (χ1n) is 10.8. The number of nitrogens with zero attached hydrogens (tertiary/aromatic N) is 3. The highest BCUT2D eigenvalue weighted by molar-refractivity contribution is 7.89. The van der Waals surface area contributed by atoms with Crippen molar-refractivity contribution in [2.24, 2.45) is 5.14 Å². The molecule has 0 saturated heterocycles. The van der Waals surface area contributed by atoms with E-state index in [4.69, 9.17) is 15.9 Å². The fraction of sp³-hybridized carbons (Fsp3) is 0.0800. The third-order valence-electron chi connectivity index (χ3n) is 5.69. The molecule has 35 heavy (non-hydrogen) atoms. The van der Waals surface area contributed by atoms with Gasteiger partial charge in [0.1, 0.15) is 16.9 Å². The molecule has 0 bridgehead atoms. The molecule has 0 aliphatic rings. The van der Waals surface area contributed by atoms with Crippen LogP contribution in [0.4, 0.5) is 5.82 Å². The van der Waals surface area contributed by atoms with E-state index in [0.29, 0.717) is 40.9 Å². The number of carbonyl (C=O) groups excluding carboxylic acids is 1. The summed E-state index contributed by atoms with van der Waals surface area (Å²) in [6.07, 6.45) is 0.661. The first kappa shape index (κ1) is 22.5. The van der Waals surface area contributed by atoms with Crippen LogP contribution in [0.2, 0.25) is 0 Å². The fourth-order valence-corrected chi connectivity index (χ4v) is 4.50. The van der Waals surface area contributed by atoms with Crippen molar-refractivity contribution in [3.63, 3.8) is 0 Å². The molecule has 1 amide bonds. The van der Waals surface area contributed by atoms with Gasteiger partial charge in [-0.1, -0.05) is 42.5 Å². The number of anilines is 1. The molecule has 5 rings (SSSR count). The largest absolute Gasteiger partial charge is 0.384 e. The van der Waals surface area contributed by atoms with Crippen molar-refractivity contribution in [3.05, 3.63) is 90.0 Å². The average molecular weight is 487 g/mol. The first-order chi connectivity index (χ1) is 16.8. The molecule has 2 aromatic heterocycles. The standard InChI is InChI=1S/C25H22N6O3S/c26-23-21(25(32)28-15-14-16-6-2-1-3-7-16)22-24(30-20-9-5-4-8-19(20)29-22)31(23)17-10-12-18(13-11-17)35(27,33)34/h1-13H,14-15,26H2,(H,28,32)(H2,27,33,34). The van der Waals surface area contributed by atoms with Crippen molar-refractivity contribution in [1.29, 1.82) is 0 Å². The van der Waals surface area contributed by atoms with Gasteiger partial charge in [-0.25, -0.2) is 23.5 Å². The third-order valence-corrected chi connectivity index (χ3v) is 6.62. The Bertz CT molecular complexity index is 1660. The van der Waals surface area contributed by atoms with E-state index in [2.05, 4.69) is 10.3 Å². The van der Waals surface area contributed by atoms with E-state index < -0.39 is 10.0 Å². The van der Waals surface area contributed by atoms with Gasteiger partial charge in [0.2, 0.25) is 10.0 Å². The van der Waals surface area contributed by atoms with E-state index in [1.165, 1.54) is 12.1 Å². The predicted octanol–water partition coefficient (Wildman–Crippen LogP) is 2.78. The highest BCUT2D eigenvalue weighted by atomic mass is 32.2. The number of amides is 1. The summed E-state index contributed by atoms with van der Waals surface area (Å²) in [7, 11) is -3.86. The van der Waals surface area contributed by atoms with Gasteiger partial charge >= 0.3 is 0 Å². The second-order valence-corrected chi connectivity index (χ2v) is 9.57. The number of hydrogen-bond donors (Lipinski definition) is 3. The Morgan fingerprint density at radius 1 is 0.886 bits per heavy atom. The number of fused-ring (bicyclic) bond motifs is 2. The molecule has 9 nitrogen and oxygen atoms in total. The maximum atomic E-state index is 13.3. The number of nitrogen functional groups attached to an aromatic ring is 1. The smallest absolute Gasteiger partial charge is 0.257 e. The van der Waals surface area contributed by atoms with Gasteiger partial charge in [-0.15, -0.1) is 0 Å². The Morgan fingerprint density at radius 2 is 1.51 bits per heavy atom. The highest BCUT2D eigenvalue weighted by Gasteiger charge is 2.25. The summed E-state index contributed by atoms with van der Waals surface area (Å²) in [5.74, 6) is -0.219. The van der Waals surface area contributed by atoms with Crippen LogP contribution in [-0.2, 0) is 16.4 Å². The van der Waals surface area contributed by atoms with Crippen LogP contribution >= 0.6 is 0 Å². The molecule has 5 aromatic rings. The van der Waals surface area contributed by atoms with Gasteiger partial charge in [0.05, 0.1) is 15.9 Å². The van der Waals surface area contributed by atoms with Crippen molar-refractivity contribution >= 4 is 43.9 Å². The van der Waals surface area contributed by atoms with E-state index in [-0.39, 0.29) is 22.2 Å². The van der Waals surface area contributed by atoms with Crippen LogP contribution in [-0.4, -0.2) is 35.4 Å². The van der Waals surface area contributed by atoms with E-state index >= 15 is 0 Å². The molecule has 10 heteroatoms. The minimum absolute atomic E-state index is 0.0355. The average Bonchev–Trinajstić information content (AvgIpc) is 3.13. The maximum Gasteiger partial charge on any atom is 0.257 e. The zero-order valence-electron chi connectivity index (χ0n) is 18.5. The summed E-state index contributed by atoms with van der Waals surface area (Å²) < 4.78 is 24.9. The van der Waals surface area contributed by atoms with Gasteiger partial charge in [-0.3, -0.25) is 9.36 Å². The molecule has 0 aliphatic carbocycles. The summed E-state index contributed by atoms with van der Waals surface area (Å²) in [5, 5.41) is 8.15. The lowest BCUT2D eigenvalue weighted by atomic mass is 10.1. The highest BCUT2D eigenvalue weighted by Crippen LogP contribution is 2.31. The minimum Gasteiger partial charge on any atom is -0.384 e. The zero-order chi connectivity index (χ0) is 24.6. The number of benzene rings is 3. The van der Waals surface area contributed by atoms with Crippen LogP contribution in [0.3, 0.4) is 0 Å². The molecular formula is C25H22N6O3S. The molecule has 0 aliphatic heterocycles. The monoisotopic (exact) mass is 486 g/mol. The van der Waals surface area contributed by atoms with Crippen LogP contribution in [0, 0.1) is 0 Å². The maximum absolute atomic E-state index is 13.3. The number of sulfonamides is 1. The molecule has 0 spiro atoms. The predicted molar refractivity (Wildman–Crippen MR) is 135 cm³/mol. The van der Waals surface area contributed by atoms with Crippen molar-refractivity contribution < 1.29 is 13.2 Å². The molecule has 0 unspecified atom stereocenters. The van der Waals surface area contributed by atoms with E-state index in [0.717, 1.165) is 5.56 Å². The molecule has 0 saturated carbocycles. The number of nitrogens with one attached hydrogen (secondary N) is 1. The number of rotatable bonds is 6. The van der Waals surface area contributed by atoms with Gasteiger partial charge in [0, 0.05) is 12.2 Å². The summed E-state index contributed by atoms with van der Waals surface area (Å²) in [6, 6.07) is 23.0. The van der Waals surface area contributed by atoms with Crippen molar-refractivity contribution in [1.82, 2.24) is 19.9 Å². The number of aromatic nitrogens is 3. The molecule has 0 radical (unpaired) electrons. The Labute approximate surface area is 201 Å². The SMILES string of the molecule is Nc1c(C(=O)NCCc2ccccc2)c2nc3ccccc3nc2n1-c1ccc(S(N)(=O)=O)cc1. The van der Waals surface area contributed by atoms with Gasteiger partial charge in [0.25, 0.3) is 5.91 Å². The summed E-state index contributed by atoms with van der Waals surface area (Å²) in [4.78, 5) is 22.6. The number of hydrogen-bond acceptors (Lipinski definition) is 6. The van der Waals surface area contributed by atoms with Gasteiger partial charge in [-0.05, 0) is 48.4 Å². The molecular weight excluding hydrogens is 464 g/mol. The fourth-order valence-electron chi connectivity index (χ4n) is 3.99. The van der Waals surface area contributed by atoms with Crippen LogP contribution in [0.15, 0.2) is 83.8 Å². The van der Waals surface area contributed by atoms with Crippen LogP contribution < -0.4 is 16.2 Å². The molecule has 0 fully saturated rings. The second-order valence-electron chi connectivity index (χ2n) is 8.01. The van der Waals surface area contributed by atoms with Gasteiger partial charge < -0.3 is 11.1 Å². The van der Waals surface area contributed by atoms with Crippen LogP contribution in [0.1, 0.15) is 15.9 Å². The Morgan fingerprint density at radius 3 is 2.17 bits per heavy atom. The third kappa shape index (κ3) is 4.32. The van der Waals surface area contributed by atoms with Crippen LogP contribution in [0.5, 0.6) is 0 Å². The number of nitrogens with two attached hydrogens (primary N) is 2. The molecule has 2 heterocycles. The summed E-state index contributed by atoms with van der Waals surface area (Å²) >= 11 is 0. The summed E-state index contributed by atoms with van der Waals surface area (Å²) in [6.45, 7) is 0.416. The Kier molecular flexibility index (Phi) is 5.67. The molecule has 0 atom stereocenters. The Hall–Kier alpha value is -4.28. The molecule has 176 valence electrons. The van der Waals surface area contributed by atoms with Gasteiger partial charge in [0.15, 0.2) is 5.65 Å². The van der Waals surface area contributed by atoms with Crippen molar-refractivity contribution in [2.75, 3.05) is 12.3 Å². The lowest BCUT2D eigenvalue weighted by molar-refractivity contribution is 0.0956. The number of primary sulfonamides is 1. The van der Waals surface area contributed by atoms with E-state index in [1.54, 1.807) is 16.7 Å². The van der Waals surface area contributed by atoms with Crippen molar-refractivity contribution in [2.45, 2.75) is 11.3 Å². The van der Waals surface area contributed by atoms with Gasteiger partial charge in [-0.2, -0.15) is 0 Å². The minimum atomic E-state index is -3.86. The molecule has 3 aromatic carbocycles. The summed E-state index contributed by atoms with van der Waals surface area (Å²) in [5.41, 5.74) is 10.3. The van der Waals surface area contributed by atoms with Crippen LogP contribution in [0.25, 0.3) is 27.9 Å². The topological polar surface area (TPSA) is 146 Å². The number of carbonyl (C=O) groups is 1. The lowest BCUT2D eigenvalue weighted by Crippen LogP contribution is -2.26. The normalized spacial score (nSPS) is 11.7. The quantitative estimate of drug-likeness (QED) is 0.336. The van der Waals surface area contributed by atoms with Crippen molar-refractivity contribution in [3.8, 4) is 5.69 Å². The van der Waals surface area contributed by atoms with E-state index in [1.807, 2.05) is 54.6 Å².